The summed E-state index contributed by atoms with van der Waals surface area (Å²) in [7, 11) is 0. The van der Waals surface area contributed by atoms with E-state index in [9.17, 15) is 0 Å². The largest absolute Gasteiger partial charge is 0.296 e. The summed E-state index contributed by atoms with van der Waals surface area (Å²) in [5.74, 6) is -0.146. The molecule has 0 saturated carbocycles. The van der Waals surface area contributed by atoms with Gasteiger partial charge in [0.2, 0.25) is 0 Å². The second kappa shape index (κ2) is 12.0. The predicted octanol–water partition coefficient (Wildman–Crippen LogP) is 12.0. The minimum atomic E-state index is -2.89. The SMILES string of the molecule is [2H]C([2H])([2H])C([2H])([2H])c1nc2ccccc2n1-c1ccc(-c2ccc(-c3c4ccccc4c(-c4ccccc4-c4ccncc4)c4ccccc34)cc2)cc1. The van der Waals surface area contributed by atoms with Crippen molar-refractivity contribution in [2.75, 3.05) is 0 Å². The van der Waals surface area contributed by atoms with Gasteiger partial charge in [0.1, 0.15) is 5.82 Å². The van der Waals surface area contributed by atoms with Crippen molar-refractivity contribution in [2.45, 2.75) is 13.2 Å². The Kier molecular flexibility index (Phi) is 5.88. The normalized spacial score (nSPS) is 13.5. The molecule has 0 unspecified atom stereocenters. The summed E-state index contributed by atoms with van der Waals surface area (Å²) in [6, 6.07) is 53.6. The number of pyridine rings is 1. The zero-order chi connectivity index (χ0) is 37.0. The Balaban J connectivity index is 1.13. The molecule has 0 aliphatic rings. The molecule has 0 atom stereocenters. The average Bonchev–Trinajstić information content (AvgIpc) is 3.61. The highest BCUT2D eigenvalue weighted by Gasteiger charge is 2.19. The zero-order valence-corrected chi connectivity index (χ0v) is 26.5. The van der Waals surface area contributed by atoms with Crippen molar-refractivity contribution in [3.8, 4) is 50.2 Å². The Bertz CT molecular complexity index is 2770. The van der Waals surface area contributed by atoms with Crippen LogP contribution in [0.15, 0.2) is 170 Å². The van der Waals surface area contributed by atoms with Crippen LogP contribution in [-0.2, 0) is 6.37 Å². The number of fused-ring (bicyclic) bond motifs is 3. The zero-order valence-electron chi connectivity index (χ0n) is 31.5. The molecule has 0 aliphatic heterocycles. The first-order valence-corrected chi connectivity index (χ1v) is 16.3. The van der Waals surface area contributed by atoms with E-state index in [1.165, 1.54) is 38.2 Å². The third-order valence-corrected chi connectivity index (χ3v) is 9.42. The summed E-state index contributed by atoms with van der Waals surface area (Å²) in [6.07, 6.45) is 1.02. The molecule has 9 rings (SSSR count). The molecule has 49 heavy (non-hydrogen) atoms. The van der Waals surface area contributed by atoms with Crippen molar-refractivity contribution in [3.63, 3.8) is 0 Å². The van der Waals surface area contributed by atoms with Gasteiger partial charge in [-0.3, -0.25) is 9.55 Å². The fourth-order valence-corrected chi connectivity index (χ4v) is 7.22. The van der Waals surface area contributed by atoms with Crippen LogP contribution in [0, 0.1) is 0 Å². The molecule has 3 nitrogen and oxygen atoms in total. The van der Waals surface area contributed by atoms with Crippen LogP contribution in [0.25, 0.3) is 82.8 Å². The molecule has 7 aromatic carbocycles. The Labute approximate surface area is 292 Å². The summed E-state index contributed by atoms with van der Waals surface area (Å²) >= 11 is 0. The molecule has 2 heterocycles. The van der Waals surface area contributed by atoms with Gasteiger partial charge in [-0.05, 0) is 102 Å². The van der Waals surface area contributed by atoms with Gasteiger partial charge in [-0.15, -0.1) is 0 Å². The van der Waals surface area contributed by atoms with Crippen molar-refractivity contribution >= 4 is 32.6 Å². The summed E-state index contributed by atoms with van der Waals surface area (Å²) in [4.78, 5) is 8.71. The maximum atomic E-state index is 8.53. The molecule has 0 spiro atoms. The van der Waals surface area contributed by atoms with Crippen molar-refractivity contribution in [1.29, 1.82) is 0 Å². The number of benzene rings is 7. The molecule has 0 radical (unpaired) electrons. The van der Waals surface area contributed by atoms with E-state index in [0.717, 1.165) is 27.8 Å². The summed E-state index contributed by atoms with van der Waals surface area (Å²) in [5, 5.41) is 4.71. The minimum Gasteiger partial charge on any atom is -0.296 e. The van der Waals surface area contributed by atoms with E-state index >= 15 is 0 Å². The highest BCUT2D eigenvalue weighted by atomic mass is 15.1. The van der Waals surface area contributed by atoms with E-state index in [0.29, 0.717) is 16.7 Å². The van der Waals surface area contributed by atoms with Gasteiger partial charge >= 0.3 is 0 Å². The molecular formula is C46H33N3. The van der Waals surface area contributed by atoms with Crippen LogP contribution in [0.1, 0.15) is 19.5 Å². The van der Waals surface area contributed by atoms with Crippen LogP contribution in [0.3, 0.4) is 0 Å². The van der Waals surface area contributed by atoms with Crippen LogP contribution in [0.4, 0.5) is 0 Å². The first-order valence-electron chi connectivity index (χ1n) is 18.8. The van der Waals surface area contributed by atoms with Gasteiger partial charge in [0.05, 0.1) is 11.0 Å². The lowest BCUT2D eigenvalue weighted by Crippen LogP contribution is -1.99. The predicted molar refractivity (Wildman–Crippen MR) is 205 cm³/mol. The quantitative estimate of drug-likeness (QED) is 0.171. The number of hydrogen-bond donors (Lipinski definition) is 0. The van der Waals surface area contributed by atoms with Crippen molar-refractivity contribution in [1.82, 2.24) is 14.5 Å². The number of para-hydroxylation sites is 2. The number of aromatic nitrogens is 3. The highest BCUT2D eigenvalue weighted by molar-refractivity contribution is 6.22. The van der Waals surface area contributed by atoms with Crippen LogP contribution < -0.4 is 0 Å². The third kappa shape index (κ3) is 4.90. The van der Waals surface area contributed by atoms with E-state index in [2.05, 4.69) is 119 Å². The molecule has 9 aromatic rings. The summed E-state index contributed by atoms with van der Waals surface area (Å²) < 4.78 is 42.4. The standard InChI is InChI=1S/C46H33N3/c1-2-44-48-42-17-9-10-18-43(42)49(44)35-25-23-32(24-26-35)31-19-21-34(22-20-31)45-38-13-5-7-15-40(38)46(41-16-8-6-14-39(41)45)37-12-4-3-11-36(37)33-27-29-47-30-28-33/h3-30H,2H2,1H3/i1D3,2D2. The Morgan fingerprint density at radius 1 is 0.510 bits per heavy atom. The third-order valence-electron chi connectivity index (χ3n) is 9.42. The molecule has 0 bridgehead atoms. The van der Waals surface area contributed by atoms with Gasteiger partial charge in [-0.1, -0.05) is 128 Å². The monoisotopic (exact) mass is 632 g/mol. The van der Waals surface area contributed by atoms with Gasteiger partial charge in [-0.2, -0.15) is 0 Å². The topological polar surface area (TPSA) is 30.7 Å². The van der Waals surface area contributed by atoms with Gasteiger partial charge < -0.3 is 0 Å². The number of nitrogens with zero attached hydrogens (tertiary/aromatic N) is 3. The Hall–Kier alpha value is -6.32. The van der Waals surface area contributed by atoms with Gasteiger partial charge in [0.25, 0.3) is 0 Å². The van der Waals surface area contributed by atoms with E-state index in [1.54, 1.807) is 10.6 Å². The van der Waals surface area contributed by atoms with Gasteiger partial charge in [0, 0.05) is 31.3 Å². The van der Waals surface area contributed by atoms with Gasteiger partial charge in [0.15, 0.2) is 0 Å². The number of aryl methyl sites for hydroxylation is 1. The molecule has 0 N–H and O–H groups in total. The lowest BCUT2D eigenvalue weighted by atomic mass is 9.84. The lowest BCUT2D eigenvalue weighted by molar-refractivity contribution is 0.908. The minimum absolute atomic E-state index is 0.146. The Morgan fingerprint density at radius 2 is 1.04 bits per heavy atom. The molecule has 3 heteroatoms. The highest BCUT2D eigenvalue weighted by Crippen LogP contribution is 2.46. The average molecular weight is 633 g/mol. The van der Waals surface area contributed by atoms with Crippen molar-refractivity contribution in [3.05, 3.63) is 176 Å². The first-order chi connectivity index (χ1) is 26.2. The molecule has 0 saturated heterocycles. The molecule has 0 fully saturated rings. The molecule has 0 amide bonds. The molecular weight excluding hydrogens is 595 g/mol. The Morgan fingerprint density at radius 3 is 1.69 bits per heavy atom. The van der Waals surface area contributed by atoms with Gasteiger partial charge in [-0.25, -0.2) is 4.98 Å². The number of imidazole rings is 1. The van der Waals surface area contributed by atoms with E-state index in [4.69, 9.17) is 6.85 Å². The second-order valence-electron chi connectivity index (χ2n) is 12.1. The van der Waals surface area contributed by atoms with Crippen LogP contribution in [0.2, 0.25) is 0 Å². The fraction of sp³-hybridized carbons (Fsp3) is 0.0435. The second-order valence-corrected chi connectivity index (χ2v) is 12.1. The van der Waals surface area contributed by atoms with E-state index < -0.39 is 13.2 Å². The fourth-order valence-electron chi connectivity index (χ4n) is 7.22. The lowest BCUT2D eigenvalue weighted by Gasteiger charge is -2.19. The summed E-state index contributed by atoms with van der Waals surface area (Å²) in [6.45, 7) is -2.89. The van der Waals surface area contributed by atoms with Crippen molar-refractivity contribution < 1.29 is 6.85 Å². The van der Waals surface area contributed by atoms with E-state index in [-0.39, 0.29) is 5.82 Å². The summed E-state index contributed by atoms with van der Waals surface area (Å²) in [5.41, 5.74) is 10.8. The van der Waals surface area contributed by atoms with Crippen molar-refractivity contribution in [2.24, 2.45) is 0 Å². The maximum Gasteiger partial charge on any atom is 0.114 e. The van der Waals surface area contributed by atoms with Crippen LogP contribution in [-0.4, -0.2) is 14.5 Å². The van der Waals surface area contributed by atoms with Crippen LogP contribution in [0.5, 0.6) is 0 Å². The number of hydrogen-bond acceptors (Lipinski definition) is 2. The maximum absolute atomic E-state index is 8.53. The number of rotatable bonds is 6. The smallest absolute Gasteiger partial charge is 0.114 e. The molecule has 0 aliphatic carbocycles. The van der Waals surface area contributed by atoms with Crippen LogP contribution >= 0.6 is 0 Å². The van der Waals surface area contributed by atoms with E-state index in [1.807, 2.05) is 54.9 Å². The molecule has 2 aromatic heterocycles. The molecule has 232 valence electrons. The first kappa shape index (κ1) is 23.9.